The number of hydrogen-bond acceptors (Lipinski definition) is 8. The van der Waals surface area contributed by atoms with Gasteiger partial charge in [0.1, 0.15) is 0 Å². The third kappa shape index (κ3) is 5.42. The van der Waals surface area contributed by atoms with Gasteiger partial charge in [-0.05, 0) is 36.1 Å². The minimum absolute atomic E-state index is 0.0518. The lowest BCUT2D eigenvalue weighted by Crippen LogP contribution is -2.11. The molecule has 2 aromatic carbocycles. The van der Waals surface area contributed by atoms with E-state index in [0.717, 1.165) is 17.0 Å². The second-order valence-corrected chi connectivity index (χ2v) is 6.50. The topological polar surface area (TPSA) is 103 Å². The molecule has 3 N–H and O–H groups in total. The fraction of sp³-hybridized carbons (Fsp3) is 0.158. The molecule has 0 aliphatic heterocycles. The van der Waals surface area contributed by atoms with Crippen molar-refractivity contribution in [2.75, 3.05) is 17.3 Å². The molecule has 0 atom stereocenters. The fourth-order valence-electron chi connectivity index (χ4n) is 2.33. The monoisotopic (exact) mass is 381 g/mol. The summed E-state index contributed by atoms with van der Waals surface area (Å²) in [6, 6.07) is 16.8. The molecule has 0 spiro atoms. The van der Waals surface area contributed by atoms with Crippen molar-refractivity contribution < 1.29 is 9.53 Å². The van der Waals surface area contributed by atoms with Gasteiger partial charge >= 0.3 is 5.97 Å². The second-order valence-electron chi connectivity index (χ2n) is 5.63. The smallest absolute Gasteiger partial charge is 0.338 e. The summed E-state index contributed by atoms with van der Waals surface area (Å²) < 4.78 is 5.29. The third-order valence-electron chi connectivity index (χ3n) is 3.56. The average Bonchev–Trinajstić information content (AvgIpc) is 2.67. The van der Waals surface area contributed by atoms with E-state index in [1.165, 1.54) is 0 Å². The van der Waals surface area contributed by atoms with Crippen molar-refractivity contribution in [3.63, 3.8) is 0 Å². The van der Waals surface area contributed by atoms with Gasteiger partial charge in [-0.1, -0.05) is 30.3 Å². The molecular weight excluding hydrogens is 362 g/mol. The molecule has 7 nitrogen and oxygen atoms in total. The number of nitrogens with two attached hydrogens (primary N) is 1. The maximum atomic E-state index is 12.2. The van der Waals surface area contributed by atoms with Gasteiger partial charge in [-0.25, -0.2) is 4.79 Å². The molecule has 0 aliphatic carbocycles. The number of nitrogens with zero attached hydrogens (tertiary/aromatic N) is 3. The van der Waals surface area contributed by atoms with Gasteiger partial charge in [-0.15, -0.1) is 0 Å². The number of carbonyl (C=O) groups excluding carboxylic acids is 1. The summed E-state index contributed by atoms with van der Waals surface area (Å²) in [5.41, 5.74) is 8.18. The summed E-state index contributed by atoms with van der Waals surface area (Å²) in [6.45, 7) is -0.0956. The molecule has 3 rings (SSSR count). The van der Waals surface area contributed by atoms with Crippen LogP contribution in [0.4, 0.5) is 17.6 Å². The summed E-state index contributed by atoms with van der Waals surface area (Å²) in [5.74, 6) is 1.07. The van der Waals surface area contributed by atoms with Crippen LogP contribution >= 0.6 is 11.8 Å². The molecule has 0 fully saturated rings. The van der Waals surface area contributed by atoms with Gasteiger partial charge in [-0.3, -0.25) is 0 Å². The molecule has 0 unspecified atom stereocenters. The Balaban J connectivity index is 1.64. The summed E-state index contributed by atoms with van der Waals surface area (Å²) in [7, 11) is 0. The number of anilines is 3. The summed E-state index contributed by atoms with van der Waals surface area (Å²) in [5, 5.41) is 3.04. The first-order valence-corrected chi connectivity index (χ1v) is 9.61. The number of ether oxygens (including phenoxy) is 1. The quantitative estimate of drug-likeness (QED) is 0.600. The van der Waals surface area contributed by atoms with Gasteiger partial charge in [0.15, 0.2) is 12.4 Å². The number of nitrogen functional groups attached to an aromatic ring is 1. The first kappa shape index (κ1) is 18.7. The van der Waals surface area contributed by atoms with Crippen LogP contribution in [0.1, 0.15) is 21.7 Å². The van der Waals surface area contributed by atoms with Crippen molar-refractivity contribution in [2.24, 2.45) is 0 Å². The van der Waals surface area contributed by atoms with Crippen molar-refractivity contribution in [3.8, 4) is 0 Å². The van der Waals surface area contributed by atoms with Gasteiger partial charge in [0.25, 0.3) is 0 Å². The molecule has 0 amide bonds. The van der Waals surface area contributed by atoms with Gasteiger partial charge in [0.05, 0.1) is 5.56 Å². The zero-order chi connectivity index (χ0) is 19.1. The minimum Gasteiger partial charge on any atom is -0.454 e. The van der Waals surface area contributed by atoms with Crippen molar-refractivity contribution in [3.05, 3.63) is 71.5 Å². The van der Waals surface area contributed by atoms with Crippen molar-refractivity contribution in [1.29, 1.82) is 0 Å². The highest BCUT2D eigenvalue weighted by Crippen LogP contribution is 2.14. The zero-order valence-electron chi connectivity index (χ0n) is 14.8. The molecular formula is C19H19N5O2S. The van der Waals surface area contributed by atoms with E-state index in [1.807, 2.05) is 48.7 Å². The maximum absolute atomic E-state index is 12.2. The summed E-state index contributed by atoms with van der Waals surface area (Å²) in [4.78, 5) is 24.5. The number of nitrogens with one attached hydrogen (secondary N) is 1. The number of aromatic nitrogens is 3. The molecule has 0 saturated heterocycles. The number of benzene rings is 2. The normalized spacial score (nSPS) is 10.4. The number of para-hydroxylation sites is 1. The Morgan fingerprint density at radius 3 is 2.52 bits per heavy atom. The Morgan fingerprint density at radius 2 is 1.81 bits per heavy atom. The van der Waals surface area contributed by atoms with Crippen LogP contribution in [0.15, 0.2) is 54.6 Å². The SMILES string of the molecule is CSCc1ccc(C(=O)OCc2nc(N)nc(Nc3ccccc3)n2)cc1. The van der Waals surface area contributed by atoms with Crippen molar-refractivity contribution in [1.82, 2.24) is 15.0 Å². The minimum atomic E-state index is -0.442. The Bertz CT molecular complexity index is 904. The molecule has 138 valence electrons. The molecule has 1 aromatic heterocycles. The van der Waals surface area contributed by atoms with Gasteiger partial charge < -0.3 is 15.8 Å². The number of carbonyl (C=O) groups is 1. The lowest BCUT2D eigenvalue weighted by atomic mass is 10.1. The van der Waals surface area contributed by atoms with Crippen LogP contribution < -0.4 is 11.1 Å². The molecule has 0 saturated carbocycles. The van der Waals surface area contributed by atoms with Crippen LogP contribution in [0.3, 0.4) is 0 Å². The Labute approximate surface area is 161 Å². The number of rotatable bonds is 7. The van der Waals surface area contributed by atoms with E-state index in [1.54, 1.807) is 23.9 Å². The Morgan fingerprint density at radius 1 is 1.07 bits per heavy atom. The van der Waals surface area contributed by atoms with Crippen molar-refractivity contribution >= 4 is 35.3 Å². The molecule has 0 bridgehead atoms. The van der Waals surface area contributed by atoms with E-state index in [9.17, 15) is 4.79 Å². The maximum Gasteiger partial charge on any atom is 0.338 e. The number of esters is 1. The molecule has 3 aromatic rings. The summed E-state index contributed by atoms with van der Waals surface area (Å²) >= 11 is 1.72. The number of hydrogen-bond donors (Lipinski definition) is 2. The molecule has 27 heavy (non-hydrogen) atoms. The van der Waals surface area contributed by atoms with Crippen LogP contribution in [0.25, 0.3) is 0 Å². The third-order valence-corrected chi connectivity index (χ3v) is 4.18. The molecule has 8 heteroatoms. The van der Waals surface area contributed by atoms with Crippen LogP contribution in [0.5, 0.6) is 0 Å². The summed E-state index contributed by atoms with van der Waals surface area (Å²) in [6.07, 6.45) is 2.03. The second kappa shape index (κ2) is 9.00. The molecule has 1 heterocycles. The lowest BCUT2D eigenvalue weighted by Gasteiger charge is -2.08. The number of thioether (sulfide) groups is 1. The van der Waals surface area contributed by atoms with Gasteiger partial charge in [0, 0.05) is 11.4 Å². The van der Waals surface area contributed by atoms with E-state index >= 15 is 0 Å². The average molecular weight is 381 g/mol. The van der Waals surface area contributed by atoms with E-state index < -0.39 is 5.97 Å². The highest BCUT2D eigenvalue weighted by atomic mass is 32.2. The van der Waals surface area contributed by atoms with Gasteiger partial charge in [-0.2, -0.15) is 26.7 Å². The Kier molecular flexibility index (Phi) is 6.22. The van der Waals surface area contributed by atoms with E-state index in [2.05, 4.69) is 20.3 Å². The standard InChI is InChI=1S/C19H19N5O2S/c1-27-12-13-7-9-14(10-8-13)17(25)26-11-16-22-18(20)24-19(23-16)21-15-5-3-2-4-6-15/h2-10H,11-12H2,1H3,(H3,20,21,22,23,24). The Hall–Kier alpha value is -3.13. The van der Waals surface area contributed by atoms with Crippen LogP contribution in [-0.4, -0.2) is 27.2 Å². The lowest BCUT2D eigenvalue weighted by molar-refractivity contribution is 0.0462. The van der Waals surface area contributed by atoms with E-state index in [-0.39, 0.29) is 18.4 Å². The van der Waals surface area contributed by atoms with E-state index in [0.29, 0.717) is 11.5 Å². The highest BCUT2D eigenvalue weighted by Gasteiger charge is 2.10. The zero-order valence-corrected chi connectivity index (χ0v) is 15.6. The largest absolute Gasteiger partial charge is 0.454 e. The van der Waals surface area contributed by atoms with Crippen molar-refractivity contribution in [2.45, 2.75) is 12.4 Å². The van der Waals surface area contributed by atoms with E-state index in [4.69, 9.17) is 10.5 Å². The molecule has 0 aliphatic rings. The molecule has 0 radical (unpaired) electrons. The van der Waals surface area contributed by atoms with Crippen LogP contribution in [0, 0.1) is 0 Å². The first-order valence-electron chi connectivity index (χ1n) is 8.21. The van der Waals surface area contributed by atoms with Crippen LogP contribution in [0.2, 0.25) is 0 Å². The first-order chi connectivity index (χ1) is 13.1. The van der Waals surface area contributed by atoms with Crippen LogP contribution in [-0.2, 0) is 17.1 Å². The predicted molar refractivity (Wildman–Crippen MR) is 107 cm³/mol. The predicted octanol–water partition coefficient (Wildman–Crippen LogP) is 3.42. The van der Waals surface area contributed by atoms with Gasteiger partial charge in [0.2, 0.25) is 11.9 Å². The highest BCUT2D eigenvalue weighted by molar-refractivity contribution is 7.97. The fourth-order valence-corrected chi connectivity index (χ4v) is 2.85.